The van der Waals surface area contributed by atoms with Gasteiger partial charge in [0.1, 0.15) is 6.07 Å². The van der Waals surface area contributed by atoms with Crippen LogP contribution in [0.2, 0.25) is 10.0 Å². The number of anilines is 1. The normalized spacial score (nSPS) is 11.0. The molecule has 0 amide bonds. The summed E-state index contributed by atoms with van der Waals surface area (Å²) in [4.78, 5) is 0.150. The zero-order chi connectivity index (χ0) is 16.5. The van der Waals surface area contributed by atoms with Crippen molar-refractivity contribution in [2.45, 2.75) is 11.8 Å². The Morgan fingerprint density at radius 3 is 2.23 bits per heavy atom. The van der Waals surface area contributed by atoms with Crippen LogP contribution in [-0.2, 0) is 10.0 Å². The molecule has 0 spiro atoms. The van der Waals surface area contributed by atoms with E-state index in [1.807, 2.05) is 13.0 Å². The zero-order valence-electron chi connectivity index (χ0n) is 11.8. The topological polar surface area (TPSA) is 61.2 Å². The van der Waals surface area contributed by atoms with E-state index in [1.54, 1.807) is 12.1 Å². The lowest BCUT2D eigenvalue weighted by molar-refractivity contribution is 0.594. The second-order valence-electron chi connectivity index (χ2n) is 4.68. The van der Waals surface area contributed by atoms with Gasteiger partial charge in [0.15, 0.2) is 0 Å². The first-order valence-corrected chi connectivity index (χ1v) is 8.41. The molecule has 0 aromatic heterocycles. The molecule has 0 heterocycles. The second-order valence-corrected chi connectivity index (χ2v) is 7.46. The molecule has 2 aromatic rings. The highest BCUT2D eigenvalue weighted by atomic mass is 35.5. The Balaban J connectivity index is 2.52. The van der Waals surface area contributed by atoms with E-state index >= 15 is 0 Å². The van der Waals surface area contributed by atoms with Gasteiger partial charge in [-0.25, -0.2) is 8.42 Å². The molecule has 114 valence electrons. The zero-order valence-corrected chi connectivity index (χ0v) is 14.2. The monoisotopic (exact) mass is 354 g/mol. The molecule has 7 heteroatoms. The molecule has 0 fully saturated rings. The number of halogens is 2. The van der Waals surface area contributed by atoms with E-state index in [1.165, 1.54) is 31.3 Å². The van der Waals surface area contributed by atoms with E-state index in [4.69, 9.17) is 28.5 Å². The van der Waals surface area contributed by atoms with Gasteiger partial charge in [0.2, 0.25) is 0 Å². The Hall–Kier alpha value is -1.74. The number of hydrogen-bond donors (Lipinski definition) is 0. The van der Waals surface area contributed by atoms with Crippen LogP contribution in [-0.4, -0.2) is 15.5 Å². The molecule has 4 nitrogen and oxygen atoms in total. The molecule has 2 aromatic carbocycles. The van der Waals surface area contributed by atoms with Gasteiger partial charge >= 0.3 is 0 Å². The third kappa shape index (κ3) is 3.05. The van der Waals surface area contributed by atoms with Crippen LogP contribution in [0.15, 0.2) is 41.3 Å². The van der Waals surface area contributed by atoms with Crippen LogP contribution in [0, 0.1) is 18.3 Å². The largest absolute Gasteiger partial charge is 0.268 e. The maximum Gasteiger partial charge on any atom is 0.264 e. The third-order valence-corrected chi connectivity index (χ3v) is 5.58. The van der Waals surface area contributed by atoms with Crippen molar-refractivity contribution in [3.63, 3.8) is 0 Å². The molecule has 0 aliphatic rings. The number of aryl methyl sites for hydroxylation is 1. The molecule has 0 unspecified atom stereocenters. The summed E-state index contributed by atoms with van der Waals surface area (Å²) in [6.45, 7) is 1.87. The summed E-state index contributed by atoms with van der Waals surface area (Å²) in [5.41, 5.74) is 1.36. The fourth-order valence-electron chi connectivity index (χ4n) is 1.86. The average molecular weight is 355 g/mol. The van der Waals surface area contributed by atoms with E-state index in [9.17, 15) is 8.42 Å². The standard InChI is InChI=1S/C15H12Cl2N2O2S/c1-10-3-5-12(6-4-10)22(20,21)19(2)15-8-13(16)11(9-18)7-14(15)17/h3-8H,1-2H3. The Bertz CT molecular complexity index is 856. The average Bonchev–Trinajstić information content (AvgIpc) is 2.48. The number of hydrogen-bond acceptors (Lipinski definition) is 3. The highest BCUT2D eigenvalue weighted by Crippen LogP contribution is 2.33. The van der Waals surface area contributed by atoms with Gasteiger partial charge in [-0.05, 0) is 31.2 Å². The SMILES string of the molecule is Cc1ccc(S(=O)(=O)N(C)c2cc(Cl)c(C#N)cc2Cl)cc1. The number of nitriles is 1. The molecular formula is C15H12Cl2N2O2S. The molecule has 0 bridgehead atoms. The number of nitrogens with zero attached hydrogens (tertiary/aromatic N) is 2. The molecule has 0 saturated heterocycles. The van der Waals surface area contributed by atoms with Crippen molar-refractivity contribution in [2.75, 3.05) is 11.4 Å². The van der Waals surface area contributed by atoms with Gasteiger partial charge in [0.05, 0.1) is 26.2 Å². The minimum absolute atomic E-state index is 0.138. The maximum atomic E-state index is 12.6. The van der Waals surface area contributed by atoms with Gasteiger partial charge in [-0.3, -0.25) is 4.31 Å². The highest BCUT2D eigenvalue weighted by Gasteiger charge is 2.23. The molecular weight excluding hydrogens is 343 g/mol. The van der Waals surface area contributed by atoms with Crippen molar-refractivity contribution >= 4 is 38.9 Å². The smallest absolute Gasteiger partial charge is 0.264 e. The van der Waals surface area contributed by atoms with E-state index in [-0.39, 0.29) is 26.2 Å². The van der Waals surface area contributed by atoms with Crippen LogP contribution in [0.25, 0.3) is 0 Å². The van der Waals surface area contributed by atoms with Crippen LogP contribution in [0.3, 0.4) is 0 Å². The van der Waals surface area contributed by atoms with Crippen molar-refractivity contribution in [1.29, 1.82) is 5.26 Å². The fourth-order valence-corrected chi connectivity index (χ4v) is 3.61. The molecule has 0 atom stereocenters. The minimum atomic E-state index is -3.76. The summed E-state index contributed by atoms with van der Waals surface area (Å²) in [5, 5.41) is 9.20. The Kier molecular flexibility index (Phi) is 4.66. The summed E-state index contributed by atoms with van der Waals surface area (Å²) < 4.78 is 26.3. The molecule has 22 heavy (non-hydrogen) atoms. The Morgan fingerprint density at radius 2 is 1.68 bits per heavy atom. The summed E-state index contributed by atoms with van der Waals surface area (Å²) in [7, 11) is -2.37. The van der Waals surface area contributed by atoms with Gasteiger partial charge in [0.25, 0.3) is 10.0 Å². The number of sulfonamides is 1. The molecule has 0 N–H and O–H groups in total. The van der Waals surface area contributed by atoms with Crippen molar-refractivity contribution in [3.05, 3.63) is 57.6 Å². The quantitative estimate of drug-likeness (QED) is 0.836. The maximum absolute atomic E-state index is 12.6. The van der Waals surface area contributed by atoms with Gasteiger partial charge in [-0.1, -0.05) is 40.9 Å². The lowest BCUT2D eigenvalue weighted by atomic mass is 10.2. The van der Waals surface area contributed by atoms with Crippen LogP contribution >= 0.6 is 23.2 Å². The first kappa shape index (κ1) is 16.6. The summed E-state index contributed by atoms with van der Waals surface area (Å²) in [5.74, 6) is 0. The lowest BCUT2D eigenvalue weighted by Crippen LogP contribution is -2.26. The molecule has 0 aliphatic heterocycles. The number of rotatable bonds is 3. The van der Waals surface area contributed by atoms with E-state index in [0.717, 1.165) is 9.87 Å². The van der Waals surface area contributed by atoms with Crippen LogP contribution in [0.1, 0.15) is 11.1 Å². The van der Waals surface area contributed by atoms with Crippen molar-refractivity contribution in [2.24, 2.45) is 0 Å². The fraction of sp³-hybridized carbons (Fsp3) is 0.133. The minimum Gasteiger partial charge on any atom is -0.268 e. The predicted octanol–water partition coefficient (Wildman–Crippen LogP) is 4.00. The number of benzene rings is 2. The Labute approximate surface area is 139 Å². The van der Waals surface area contributed by atoms with E-state index in [0.29, 0.717) is 0 Å². The Morgan fingerprint density at radius 1 is 1.09 bits per heavy atom. The van der Waals surface area contributed by atoms with Crippen LogP contribution in [0.4, 0.5) is 5.69 Å². The summed E-state index contributed by atoms with van der Waals surface area (Å²) >= 11 is 12.0. The van der Waals surface area contributed by atoms with Crippen LogP contribution < -0.4 is 4.31 Å². The highest BCUT2D eigenvalue weighted by molar-refractivity contribution is 7.92. The van der Waals surface area contributed by atoms with E-state index in [2.05, 4.69) is 0 Å². The third-order valence-electron chi connectivity index (χ3n) is 3.18. The van der Waals surface area contributed by atoms with Crippen LogP contribution in [0.5, 0.6) is 0 Å². The van der Waals surface area contributed by atoms with Gasteiger partial charge in [-0.2, -0.15) is 5.26 Å². The second kappa shape index (κ2) is 6.17. The molecule has 0 saturated carbocycles. The van der Waals surface area contributed by atoms with Crippen molar-refractivity contribution in [3.8, 4) is 6.07 Å². The van der Waals surface area contributed by atoms with Gasteiger partial charge in [-0.15, -0.1) is 0 Å². The lowest BCUT2D eigenvalue weighted by Gasteiger charge is -2.21. The van der Waals surface area contributed by atoms with Crippen molar-refractivity contribution < 1.29 is 8.42 Å². The first-order chi connectivity index (χ1) is 10.3. The van der Waals surface area contributed by atoms with Crippen molar-refractivity contribution in [1.82, 2.24) is 0 Å². The summed E-state index contributed by atoms with van der Waals surface area (Å²) in [6, 6.07) is 11.1. The first-order valence-electron chi connectivity index (χ1n) is 6.22. The molecule has 2 rings (SSSR count). The molecule has 0 radical (unpaired) electrons. The predicted molar refractivity (Wildman–Crippen MR) is 87.9 cm³/mol. The molecule has 0 aliphatic carbocycles. The van der Waals surface area contributed by atoms with Gasteiger partial charge < -0.3 is 0 Å². The van der Waals surface area contributed by atoms with E-state index < -0.39 is 10.0 Å². The summed E-state index contributed by atoms with van der Waals surface area (Å²) in [6.07, 6.45) is 0. The van der Waals surface area contributed by atoms with Gasteiger partial charge in [0, 0.05) is 7.05 Å².